The molecule has 1 N–H and O–H groups in total. The maximum absolute atomic E-state index is 13.3. The lowest BCUT2D eigenvalue weighted by Crippen LogP contribution is -2.36. The minimum atomic E-state index is -0.198. The van der Waals surface area contributed by atoms with Crippen molar-refractivity contribution in [3.8, 4) is 5.75 Å². The first-order valence-electron chi connectivity index (χ1n) is 6.93. The largest absolute Gasteiger partial charge is 0.496 e. The Bertz CT molecular complexity index is 405. The van der Waals surface area contributed by atoms with E-state index in [1.165, 1.54) is 18.9 Å². The zero-order chi connectivity index (χ0) is 13.7. The van der Waals surface area contributed by atoms with Gasteiger partial charge in [0.2, 0.25) is 0 Å². The van der Waals surface area contributed by atoms with Crippen molar-refractivity contribution in [2.75, 3.05) is 33.8 Å². The summed E-state index contributed by atoms with van der Waals surface area (Å²) in [6, 6.07) is 5.32. The molecule has 0 saturated carbocycles. The fourth-order valence-electron chi connectivity index (χ4n) is 2.63. The van der Waals surface area contributed by atoms with E-state index in [1.54, 1.807) is 19.2 Å². The van der Waals surface area contributed by atoms with Crippen LogP contribution in [0.4, 0.5) is 4.39 Å². The maximum Gasteiger partial charge on any atom is 0.123 e. The Morgan fingerprint density at radius 2 is 2.32 bits per heavy atom. The molecule has 0 aliphatic carbocycles. The first-order valence-corrected chi connectivity index (χ1v) is 6.93. The van der Waals surface area contributed by atoms with Gasteiger partial charge in [0.25, 0.3) is 0 Å². The molecule has 1 saturated heterocycles. The van der Waals surface area contributed by atoms with Crippen LogP contribution in [-0.4, -0.2) is 44.7 Å². The van der Waals surface area contributed by atoms with Crippen LogP contribution >= 0.6 is 0 Å². The predicted octanol–water partition coefficient (Wildman–Crippen LogP) is 2.06. The van der Waals surface area contributed by atoms with Crippen molar-refractivity contribution < 1.29 is 9.13 Å². The summed E-state index contributed by atoms with van der Waals surface area (Å²) in [4.78, 5) is 2.30. The van der Waals surface area contributed by atoms with Gasteiger partial charge in [-0.25, -0.2) is 4.39 Å². The molecule has 106 valence electrons. The first-order chi connectivity index (χ1) is 9.19. The number of nitrogens with one attached hydrogen (secondary N) is 1. The molecule has 1 unspecified atom stereocenters. The molecule has 1 aromatic rings. The highest BCUT2D eigenvalue weighted by atomic mass is 19.1. The van der Waals surface area contributed by atoms with Gasteiger partial charge in [-0.2, -0.15) is 0 Å². The van der Waals surface area contributed by atoms with Crippen molar-refractivity contribution in [1.82, 2.24) is 10.2 Å². The number of hydrogen-bond acceptors (Lipinski definition) is 3. The molecule has 0 bridgehead atoms. The zero-order valence-electron chi connectivity index (χ0n) is 11.8. The topological polar surface area (TPSA) is 24.5 Å². The van der Waals surface area contributed by atoms with Crippen LogP contribution in [0.1, 0.15) is 18.4 Å². The van der Waals surface area contributed by atoms with E-state index in [-0.39, 0.29) is 5.82 Å². The summed E-state index contributed by atoms with van der Waals surface area (Å²) >= 11 is 0. The summed E-state index contributed by atoms with van der Waals surface area (Å²) in [6.45, 7) is 3.10. The molecule has 1 aromatic carbocycles. The molecular formula is C15H23FN2O. The average Bonchev–Trinajstić information content (AvgIpc) is 2.89. The lowest BCUT2D eigenvalue weighted by atomic mass is 10.1. The fraction of sp³-hybridized carbons (Fsp3) is 0.600. The standard InChI is InChI=1S/C15H23FN2O/c1-18(11-14-4-3-8-17-14)9-7-12-10-13(16)5-6-15(12)19-2/h5-6,10,14,17H,3-4,7-9,11H2,1-2H3. The molecule has 1 heterocycles. The summed E-state index contributed by atoms with van der Waals surface area (Å²) in [6.07, 6.45) is 3.34. The number of halogens is 1. The molecule has 0 radical (unpaired) electrons. The monoisotopic (exact) mass is 266 g/mol. The number of hydrogen-bond donors (Lipinski definition) is 1. The summed E-state index contributed by atoms with van der Waals surface area (Å²) < 4.78 is 18.5. The lowest BCUT2D eigenvalue weighted by Gasteiger charge is -2.21. The number of likely N-dealkylation sites (N-methyl/N-ethyl adjacent to an activating group) is 1. The van der Waals surface area contributed by atoms with Crippen LogP contribution in [0.3, 0.4) is 0 Å². The lowest BCUT2D eigenvalue weighted by molar-refractivity contribution is 0.301. The van der Waals surface area contributed by atoms with Gasteiger partial charge < -0.3 is 15.0 Å². The second-order valence-electron chi connectivity index (χ2n) is 5.26. The summed E-state index contributed by atoms with van der Waals surface area (Å²) in [5.41, 5.74) is 0.939. The van der Waals surface area contributed by atoms with Crippen molar-refractivity contribution in [2.24, 2.45) is 0 Å². The third kappa shape index (κ3) is 4.18. The third-order valence-electron chi connectivity index (χ3n) is 3.70. The number of rotatable bonds is 6. The second-order valence-corrected chi connectivity index (χ2v) is 5.26. The molecule has 0 amide bonds. The van der Waals surface area contributed by atoms with E-state index in [1.807, 2.05) is 0 Å². The molecular weight excluding hydrogens is 243 g/mol. The van der Waals surface area contributed by atoms with E-state index in [0.717, 1.165) is 37.4 Å². The van der Waals surface area contributed by atoms with Gasteiger partial charge >= 0.3 is 0 Å². The van der Waals surface area contributed by atoms with Gasteiger partial charge in [0, 0.05) is 19.1 Å². The van der Waals surface area contributed by atoms with Crippen LogP contribution < -0.4 is 10.1 Å². The Labute approximate surface area is 114 Å². The number of nitrogens with zero attached hydrogens (tertiary/aromatic N) is 1. The van der Waals surface area contributed by atoms with E-state index < -0.39 is 0 Å². The Kier molecular flexibility index (Phi) is 5.16. The van der Waals surface area contributed by atoms with Crippen molar-refractivity contribution in [3.05, 3.63) is 29.6 Å². The molecule has 3 nitrogen and oxygen atoms in total. The minimum Gasteiger partial charge on any atom is -0.496 e. The molecule has 1 aliphatic heterocycles. The molecule has 0 spiro atoms. The second kappa shape index (κ2) is 6.87. The Hall–Kier alpha value is -1.13. The third-order valence-corrected chi connectivity index (χ3v) is 3.70. The van der Waals surface area contributed by atoms with Crippen molar-refractivity contribution in [1.29, 1.82) is 0 Å². The SMILES string of the molecule is COc1ccc(F)cc1CCN(C)CC1CCCN1. The summed E-state index contributed by atoms with van der Waals surface area (Å²) in [5, 5.41) is 3.49. The summed E-state index contributed by atoms with van der Waals surface area (Å²) in [7, 11) is 3.74. The molecule has 0 aromatic heterocycles. The van der Waals surface area contributed by atoms with Crippen LogP contribution in [0, 0.1) is 5.82 Å². The fourth-order valence-corrected chi connectivity index (χ4v) is 2.63. The van der Waals surface area contributed by atoms with Gasteiger partial charge in [-0.3, -0.25) is 0 Å². The predicted molar refractivity (Wildman–Crippen MR) is 75.2 cm³/mol. The van der Waals surface area contributed by atoms with Crippen molar-refractivity contribution in [3.63, 3.8) is 0 Å². The van der Waals surface area contributed by atoms with Gasteiger partial charge in [0.15, 0.2) is 0 Å². The molecule has 2 rings (SSSR count). The molecule has 4 heteroatoms. The molecule has 1 atom stereocenters. The Morgan fingerprint density at radius 3 is 3.00 bits per heavy atom. The van der Waals surface area contributed by atoms with Gasteiger partial charge in [-0.05, 0) is 56.6 Å². The quantitative estimate of drug-likeness (QED) is 0.853. The van der Waals surface area contributed by atoms with Crippen LogP contribution in [0.25, 0.3) is 0 Å². The number of methoxy groups -OCH3 is 1. The highest BCUT2D eigenvalue weighted by Crippen LogP contribution is 2.20. The van der Waals surface area contributed by atoms with E-state index in [0.29, 0.717) is 6.04 Å². The van der Waals surface area contributed by atoms with E-state index >= 15 is 0 Å². The first kappa shape index (κ1) is 14.3. The highest BCUT2D eigenvalue weighted by molar-refractivity contribution is 5.34. The van der Waals surface area contributed by atoms with Gasteiger partial charge in [-0.15, -0.1) is 0 Å². The molecule has 19 heavy (non-hydrogen) atoms. The Balaban J connectivity index is 1.85. The number of ether oxygens (including phenoxy) is 1. The van der Waals surface area contributed by atoms with Crippen LogP contribution in [0.5, 0.6) is 5.75 Å². The normalized spacial score (nSPS) is 19.1. The van der Waals surface area contributed by atoms with Gasteiger partial charge in [0.05, 0.1) is 7.11 Å². The van der Waals surface area contributed by atoms with Crippen molar-refractivity contribution >= 4 is 0 Å². The maximum atomic E-state index is 13.3. The molecule has 1 aliphatic rings. The Morgan fingerprint density at radius 1 is 1.47 bits per heavy atom. The number of benzene rings is 1. The van der Waals surface area contributed by atoms with E-state index in [2.05, 4.69) is 17.3 Å². The minimum absolute atomic E-state index is 0.198. The van der Waals surface area contributed by atoms with E-state index in [4.69, 9.17) is 4.74 Å². The highest BCUT2D eigenvalue weighted by Gasteiger charge is 2.16. The smallest absolute Gasteiger partial charge is 0.123 e. The van der Waals surface area contributed by atoms with E-state index in [9.17, 15) is 4.39 Å². The molecule has 1 fully saturated rings. The van der Waals surface area contributed by atoms with Crippen LogP contribution in [-0.2, 0) is 6.42 Å². The van der Waals surface area contributed by atoms with Crippen LogP contribution in [0.15, 0.2) is 18.2 Å². The zero-order valence-corrected chi connectivity index (χ0v) is 11.8. The van der Waals surface area contributed by atoms with Gasteiger partial charge in [0.1, 0.15) is 11.6 Å². The van der Waals surface area contributed by atoms with Crippen LogP contribution in [0.2, 0.25) is 0 Å². The summed E-state index contributed by atoms with van der Waals surface area (Å²) in [5.74, 6) is 0.574. The average molecular weight is 266 g/mol. The van der Waals surface area contributed by atoms with Gasteiger partial charge in [-0.1, -0.05) is 0 Å². The van der Waals surface area contributed by atoms with Crippen molar-refractivity contribution in [2.45, 2.75) is 25.3 Å².